The lowest BCUT2D eigenvalue weighted by Crippen LogP contribution is -2.25. The fourth-order valence-corrected chi connectivity index (χ4v) is 3.40. The molecule has 0 bridgehead atoms. The molecule has 118 valence electrons. The number of anilines is 1. The Kier molecular flexibility index (Phi) is 6.04. The van der Waals surface area contributed by atoms with Gasteiger partial charge in [0.1, 0.15) is 0 Å². The zero-order valence-corrected chi connectivity index (χ0v) is 14.1. The number of rotatable bonds is 5. The van der Waals surface area contributed by atoms with Crippen LogP contribution < -0.4 is 10.2 Å². The molecule has 3 nitrogen and oxygen atoms in total. The Morgan fingerprint density at radius 3 is 2.67 bits per heavy atom. The van der Waals surface area contributed by atoms with E-state index in [1.54, 1.807) is 0 Å². The van der Waals surface area contributed by atoms with Crippen molar-refractivity contribution in [2.75, 3.05) is 25.0 Å². The normalized spacial score (nSPS) is 21.4. The zero-order valence-electron chi connectivity index (χ0n) is 14.1. The number of hydrogen-bond donors (Lipinski definition) is 1. The van der Waals surface area contributed by atoms with Crippen molar-refractivity contribution in [3.8, 4) is 0 Å². The average molecular weight is 289 g/mol. The third-order valence-electron chi connectivity index (χ3n) is 4.97. The molecule has 0 amide bonds. The minimum atomic E-state index is 0.369. The Morgan fingerprint density at radius 1 is 1.29 bits per heavy atom. The molecule has 0 radical (unpaired) electrons. The Morgan fingerprint density at radius 2 is 2.10 bits per heavy atom. The third-order valence-corrected chi connectivity index (χ3v) is 4.97. The summed E-state index contributed by atoms with van der Waals surface area (Å²) < 4.78 is 0. The van der Waals surface area contributed by atoms with Gasteiger partial charge in [-0.1, -0.05) is 20.8 Å². The number of hydrogen-bond acceptors (Lipinski definition) is 3. The maximum Gasteiger partial charge on any atom is 0.0574 e. The maximum absolute atomic E-state index is 4.68. The zero-order chi connectivity index (χ0) is 15.2. The summed E-state index contributed by atoms with van der Waals surface area (Å²) in [7, 11) is 2.00. The van der Waals surface area contributed by atoms with Crippen molar-refractivity contribution in [3.05, 3.63) is 24.0 Å². The summed E-state index contributed by atoms with van der Waals surface area (Å²) in [6.45, 7) is 9.26. The highest BCUT2D eigenvalue weighted by atomic mass is 15.1. The smallest absolute Gasteiger partial charge is 0.0574 e. The van der Waals surface area contributed by atoms with Crippen LogP contribution in [0.5, 0.6) is 0 Å². The van der Waals surface area contributed by atoms with E-state index in [0.29, 0.717) is 6.04 Å². The summed E-state index contributed by atoms with van der Waals surface area (Å²) in [6, 6.07) is 4.80. The van der Waals surface area contributed by atoms with E-state index in [0.717, 1.165) is 24.0 Å². The number of nitrogens with one attached hydrogen (secondary N) is 1. The molecule has 2 unspecified atom stereocenters. The molecule has 1 fully saturated rings. The molecule has 1 saturated heterocycles. The Bertz CT molecular complexity index is 409. The first-order valence-electron chi connectivity index (χ1n) is 8.53. The highest BCUT2D eigenvalue weighted by Gasteiger charge is 2.20. The van der Waals surface area contributed by atoms with E-state index in [1.165, 1.54) is 38.0 Å². The van der Waals surface area contributed by atoms with Gasteiger partial charge >= 0.3 is 0 Å². The summed E-state index contributed by atoms with van der Waals surface area (Å²) in [4.78, 5) is 7.19. The Balaban J connectivity index is 2.01. The SMILES string of the molecule is CCC(NC)c1ccc(N2CCCC(C(C)C)CC2)cn1. The minimum Gasteiger partial charge on any atom is -0.370 e. The lowest BCUT2D eigenvalue weighted by Gasteiger charge is -2.24. The quantitative estimate of drug-likeness (QED) is 0.887. The molecule has 0 aliphatic carbocycles. The molecule has 2 heterocycles. The summed E-state index contributed by atoms with van der Waals surface area (Å²) in [5, 5.41) is 3.32. The van der Waals surface area contributed by atoms with Crippen LogP contribution in [0.1, 0.15) is 58.2 Å². The van der Waals surface area contributed by atoms with Crippen LogP contribution in [0.25, 0.3) is 0 Å². The summed E-state index contributed by atoms with van der Waals surface area (Å²) in [5.41, 5.74) is 2.44. The van der Waals surface area contributed by atoms with Gasteiger partial charge in [0.05, 0.1) is 17.6 Å². The van der Waals surface area contributed by atoms with E-state index in [4.69, 9.17) is 0 Å². The molecule has 1 aliphatic heterocycles. The van der Waals surface area contributed by atoms with E-state index in [2.05, 4.69) is 54.3 Å². The fraction of sp³-hybridized carbons (Fsp3) is 0.722. The number of aromatic nitrogens is 1. The van der Waals surface area contributed by atoms with Crippen LogP contribution in [0.15, 0.2) is 18.3 Å². The molecular formula is C18H31N3. The summed E-state index contributed by atoms with van der Waals surface area (Å²) >= 11 is 0. The number of pyridine rings is 1. The molecule has 1 aliphatic rings. The van der Waals surface area contributed by atoms with Gasteiger partial charge in [0.25, 0.3) is 0 Å². The van der Waals surface area contributed by atoms with Crippen LogP contribution in [0.3, 0.4) is 0 Å². The van der Waals surface area contributed by atoms with Crippen LogP contribution in [-0.2, 0) is 0 Å². The molecule has 2 atom stereocenters. The first-order valence-corrected chi connectivity index (χ1v) is 8.53. The molecule has 1 aromatic heterocycles. The number of nitrogens with zero attached hydrogens (tertiary/aromatic N) is 2. The van der Waals surface area contributed by atoms with Crippen LogP contribution in [0.2, 0.25) is 0 Å². The first-order chi connectivity index (χ1) is 10.2. The van der Waals surface area contributed by atoms with Crippen LogP contribution in [0.4, 0.5) is 5.69 Å². The summed E-state index contributed by atoms with van der Waals surface area (Å²) in [5.74, 6) is 1.70. The molecule has 2 rings (SSSR count). The molecule has 21 heavy (non-hydrogen) atoms. The summed E-state index contributed by atoms with van der Waals surface area (Å²) in [6.07, 6.45) is 7.12. The fourth-order valence-electron chi connectivity index (χ4n) is 3.40. The van der Waals surface area contributed by atoms with Crippen LogP contribution in [0, 0.1) is 11.8 Å². The first kappa shape index (κ1) is 16.3. The van der Waals surface area contributed by atoms with E-state index < -0.39 is 0 Å². The van der Waals surface area contributed by atoms with Crippen molar-refractivity contribution in [3.63, 3.8) is 0 Å². The van der Waals surface area contributed by atoms with Crippen molar-refractivity contribution in [1.82, 2.24) is 10.3 Å². The van der Waals surface area contributed by atoms with E-state index in [-0.39, 0.29) is 0 Å². The highest BCUT2D eigenvalue weighted by Crippen LogP contribution is 2.27. The third kappa shape index (κ3) is 4.19. The van der Waals surface area contributed by atoms with Crippen molar-refractivity contribution < 1.29 is 0 Å². The van der Waals surface area contributed by atoms with Gasteiger partial charge in [-0.05, 0) is 56.7 Å². The molecule has 1 N–H and O–H groups in total. The van der Waals surface area contributed by atoms with E-state index in [1.807, 2.05) is 7.05 Å². The van der Waals surface area contributed by atoms with E-state index in [9.17, 15) is 0 Å². The molecule has 3 heteroatoms. The average Bonchev–Trinajstić information content (AvgIpc) is 2.75. The van der Waals surface area contributed by atoms with Crippen molar-refractivity contribution >= 4 is 5.69 Å². The largest absolute Gasteiger partial charge is 0.370 e. The molecule has 0 spiro atoms. The van der Waals surface area contributed by atoms with Crippen molar-refractivity contribution in [2.45, 2.75) is 52.5 Å². The second kappa shape index (κ2) is 7.79. The van der Waals surface area contributed by atoms with Gasteiger partial charge < -0.3 is 10.2 Å². The second-order valence-electron chi connectivity index (χ2n) is 6.61. The van der Waals surface area contributed by atoms with Gasteiger partial charge in [0, 0.05) is 19.1 Å². The lowest BCUT2D eigenvalue weighted by atomic mass is 9.89. The molecule has 0 saturated carbocycles. The van der Waals surface area contributed by atoms with Gasteiger partial charge in [-0.25, -0.2) is 0 Å². The molecule has 1 aromatic rings. The Labute approximate surface area is 130 Å². The van der Waals surface area contributed by atoms with Gasteiger partial charge in [0.15, 0.2) is 0 Å². The van der Waals surface area contributed by atoms with Gasteiger partial charge in [-0.15, -0.1) is 0 Å². The maximum atomic E-state index is 4.68. The predicted octanol–water partition coefficient (Wildman–Crippen LogP) is 4.01. The Hall–Kier alpha value is -1.09. The monoisotopic (exact) mass is 289 g/mol. The van der Waals surface area contributed by atoms with Crippen molar-refractivity contribution in [2.24, 2.45) is 11.8 Å². The van der Waals surface area contributed by atoms with Gasteiger partial charge in [-0.2, -0.15) is 0 Å². The van der Waals surface area contributed by atoms with Crippen molar-refractivity contribution in [1.29, 1.82) is 0 Å². The van der Waals surface area contributed by atoms with Crippen LogP contribution >= 0.6 is 0 Å². The molecule has 0 aromatic carbocycles. The van der Waals surface area contributed by atoms with Gasteiger partial charge in [0.2, 0.25) is 0 Å². The minimum absolute atomic E-state index is 0.369. The van der Waals surface area contributed by atoms with E-state index >= 15 is 0 Å². The topological polar surface area (TPSA) is 28.2 Å². The highest BCUT2D eigenvalue weighted by molar-refractivity contribution is 5.45. The molecular weight excluding hydrogens is 258 g/mol. The van der Waals surface area contributed by atoms with Gasteiger partial charge in [-0.3, -0.25) is 4.98 Å². The van der Waals surface area contributed by atoms with Crippen LogP contribution in [-0.4, -0.2) is 25.1 Å². The lowest BCUT2D eigenvalue weighted by molar-refractivity contribution is 0.351. The standard InChI is InChI=1S/C18H31N3/c1-5-17(19-4)18-9-8-16(13-20-18)21-11-6-7-15(10-12-21)14(2)3/h8-9,13-15,17,19H,5-7,10-12H2,1-4H3. The second-order valence-corrected chi connectivity index (χ2v) is 6.61. The predicted molar refractivity (Wildman–Crippen MR) is 90.7 cm³/mol.